The summed E-state index contributed by atoms with van der Waals surface area (Å²) in [4.78, 5) is 11.6. The molecule has 2 bridgehead atoms. The molecule has 0 aromatic carbocycles. The molecule has 0 unspecified atom stereocenters. The minimum atomic E-state index is -0.340. The largest absolute Gasteiger partial charge is 0.465 e. The van der Waals surface area contributed by atoms with E-state index in [0.717, 1.165) is 12.8 Å². The lowest BCUT2D eigenvalue weighted by molar-refractivity contribution is -0.149. The summed E-state index contributed by atoms with van der Waals surface area (Å²) in [5.74, 6) is 0.233. The van der Waals surface area contributed by atoms with Gasteiger partial charge in [-0.2, -0.15) is 0 Å². The Morgan fingerprint density at radius 1 is 1.46 bits per heavy atom. The number of esters is 1. The van der Waals surface area contributed by atoms with E-state index in [1.165, 1.54) is 0 Å². The van der Waals surface area contributed by atoms with Gasteiger partial charge in [-0.05, 0) is 26.7 Å². The first-order chi connectivity index (χ1) is 6.07. The Labute approximate surface area is 77.4 Å². The average molecular weight is 182 g/mol. The lowest BCUT2D eigenvalue weighted by Gasteiger charge is -2.31. The van der Waals surface area contributed by atoms with E-state index in [9.17, 15) is 4.79 Å². The van der Waals surface area contributed by atoms with Crippen LogP contribution in [0.1, 0.15) is 26.7 Å². The van der Waals surface area contributed by atoms with Crippen molar-refractivity contribution >= 4 is 5.97 Å². The van der Waals surface area contributed by atoms with E-state index in [4.69, 9.17) is 9.47 Å². The molecule has 3 rings (SSSR count). The summed E-state index contributed by atoms with van der Waals surface area (Å²) in [5.41, 5.74) is -0.432. The second-order valence-corrected chi connectivity index (χ2v) is 4.89. The minimum Gasteiger partial charge on any atom is -0.465 e. The Kier molecular flexibility index (Phi) is 1.15. The molecule has 0 N–H and O–H groups in total. The topological polar surface area (TPSA) is 35.5 Å². The number of carbonyl (C=O) groups excluding carboxylic acids is 1. The third-order valence-electron chi connectivity index (χ3n) is 4.27. The Balaban J connectivity index is 2.10. The van der Waals surface area contributed by atoms with Crippen molar-refractivity contribution in [3.05, 3.63) is 0 Å². The molecule has 0 radical (unpaired) electrons. The van der Waals surface area contributed by atoms with Crippen LogP contribution in [0.25, 0.3) is 0 Å². The number of hydrogen-bond donors (Lipinski definition) is 0. The van der Waals surface area contributed by atoms with Gasteiger partial charge in [-0.3, -0.25) is 4.79 Å². The van der Waals surface area contributed by atoms with Crippen molar-refractivity contribution in [3.8, 4) is 0 Å². The molecule has 3 saturated heterocycles. The predicted octanol–water partition coefficient (Wildman–Crippen LogP) is 1.12. The number of cyclic esters (lactones) is 1. The highest BCUT2D eigenvalue weighted by atomic mass is 16.6. The molecule has 3 fully saturated rings. The Morgan fingerprint density at radius 2 is 2.23 bits per heavy atom. The van der Waals surface area contributed by atoms with Crippen LogP contribution >= 0.6 is 0 Å². The highest BCUT2D eigenvalue weighted by molar-refractivity contribution is 5.80. The molecule has 3 nitrogen and oxygen atoms in total. The molecule has 0 amide bonds. The molecule has 3 heteroatoms. The zero-order valence-corrected chi connectivity index (χ0v) is 8.00. The minimum absolute atomic E-state index is 0.0501. The third-order valence-corrected chi connectivity index (χ3v) is 4.27. The predicted molar refractivity (Wildman–Crippen MR) is 45.1 cm³/mol. The van der Waals surface area contributed by atoms with Gasteiger partial charge in [-0.15, -0.1) is 0 Å². The maximum atomic E-state index is 11.6. The molecule has 0 aromatic rings. The highest BCUT2D eigenvalue weighted by Crippen LogP contribution is 2.60. The molecule has 13 heavy (non-hydrogen) atoms. The van der Waals surface area contributed by atoms with Crippen LogP contribution in [0.4, 0.5) is 0 Å². The van der Waals surface area contributed by atoms with Gasteiger partial charge in [0, 0.05) is 5.92 Å². The Bertz CT molecular complexity index is 288. The first kappa shape index (κ1) is 7.80. The van der Waals surface area contributed by atoms with Gasteiger partial charge in [0.1, 0.15) is 5.41 Å². The van der Waals surface area contributed by atoms with Crippen LogP contribution < -0.4 is 0 Å². The maximum absolute atomic E-state index is 11.6. The lowest BCUT2D eigenvalue weighted by atomic mass is 9.65. The molecule has 4 atom stereocenters. The van der Waals surface area contributed by atoms with Gasteiger partial charge < -0.3 is 9.47 Å². The smallest absolute Gasteiger partial charge is 0.314 e. The van der Waals surface area contributed by atoms with Crippen molar-refractivity contribution in [2.75, 3.05) is 6.61 Å². The zero-order chi connectivity index (χ0) is 9.27. The fourth-order valence-electron chi connectivity index (χ4n) is 3.34. The van der Waals surface area contributed by atoms with E-state index in [0.29, 0.717) is 6.61 Å². The number of fused-ring (bicyclic) bond motifs is 5. The van der Waals surface area contributed by atoms with E-state index in [-0.39, 0.29) is 29.0 Å². The van der Waals surface area contributed by atoms with E-state index in [1.807, 2.05) is 6.92 Å². The molecule has 3 heterocycles. The van der Waals surface area contributed by atoms with Crippen molar-refractivity contribution in [2.24, 2.45) is 11.3 Å². The van der Waals surface area contributed by atoms with Crippen LogP contribution in [0.15, 0.2) is 0 Å². The molecule has 72 valence electrons. The van der Waals surface area contributed by atoms with Gasteiger partial charge in [0.2, 0.25) is 0 Å². The summed E-state index contributed by atoms with van der Waals surface area (Å²) in [6.07, 6.45) is 2.20. The van der Waals surface area contributed by atoms with Crippen LogP contribution in [0.3, 0.4) is 0 Å². The summed E-state index contributed by atoms with van der Waals surface area (Å²) in [7, 11) is 0. The van der Waals surface area contributed by atoms with Crippen molar-refractivity contribution in [1.29, 1.82) is 0 Å². The second kappa shape index (κ2) is 1.92. The highest BCUT2D eigenvalue weighted by Gasteiger charge is 2.70. The number of ether oxygens (including phenoxy) is 2. The summed E-state index contributed by atoms with van der Waals surface area (Å²) in [5, 5.41) is 0. The molecule has 3 aliphatic rings. The number of carbonyl (C=O) groups is 1. The Hall–Kier alpha value is -0.570. The summed E-state index contributed by atoms with van der Waals surface area (Å²) >= 11 is 0. The fraction of sp³-hybridized carbons (Fsp3) is 0.900. The molecular formula is C10H14O3. The lowest BCUT2D eigenvalue weighted by Crippen LogP contribution is -2.43. The van der Waals surface area contributed by atoms with Crippen LogP contribution in [0.5, 0.6) is 0 Å². The molecule has 0 aromatic heterocycles. The van der Waals surface area contributed by atoms with Gasteiger partial charge >= 0.3 is 5.97 Å². The van der Waals surface area contributed by atoms with Gasteiger partial charge in [-0.25, -0.2) is 0 Å². The van der Waals surface area contributed by atoms with Crippen molar-refractivity contribution in [2.45, 2.75) is 38.4 Å². The van der Waals surface area contributed by atoms with Crippen LogP contribution in [0.2, 0.25) is 0 Å². The monoisotopic (exact) mass is 182 g/mol. The molecule has 3 aliphatic heterocycles. The van der Waals surface area contributed by atoms with E-state index in [2.05, 4.69) is 6.92 Å². The first-order valence-electron chi connectivity index (χ1n) is 4.92. The molecular weight excluding hydrogens is 168 g/mol. The van der Waals surface area contributed by atoms with Gasteiger partial charge in [0.25, 0.3) is 0 Å². The van der Waals surface area contributed by atoms with Crippen molar-refractivity contribution in [1.82, 2.24) is 0 Å². The van der Waals surface area contributed by atoms with E-state index in [1.54, 1.807) is 0 Å². The maximum Gasteiger partial charge on any atom is 0.314 e. The zero-order valence-electron chi connectivity index (χ0n) is 8.00. The quantitative estimate of drug-likeness (QED) is 0.526. The van der Waals surface area contributed by atoms with Gasteiger partial charge in [-0.1, -0.05) is 0 Å². The van der Waals surface area contributed by atoms with Crippen LogP contribution in [-0.2, 0) is 14.3 Å². The van der Waals surface area contributed by atoms with Crippen LogP contribution in [0, 0.1) is 11.3 Å². The Morgan fingerprint density at radius 3 is 2.92 bits per heavy atom. The summed E-state index contributed by atoms with van der Waals surface area (Å²) in [6, 6.07) is 0. The molecule has 0 saturated carbocycles. The van der Waals surface area contributed by atoms with Gasteiger partial charge in [0.15, 0.2) is 0 Å². The van der Waals surface area contributed by atoms with E-state index < -0.39 is 0 Å². The van der Waals surface area contributed by atoms with Gasteiger partial charge in [0.05, 0.1) is 18.3 Å². The third kappa shape index (κ3) is 0.654. The SMILES string of the molecule is C[C@]12C(=O)OC[C@H]1[C@]1(C)CC[C@H]2O1. The normalized spacial score (nSPS) is 58.2. The summed E-state index contributed by atoms with van der Waals surface area (Å²) in [6.45, 7) is 4.68. The summed E-state index contributed by atoms with van der Waals surface area (Å²) < 4.78 is 11.0. The van der Waals surface area contributed by atoms with E-state index >= 15 is 0 Å². The number of hydrogen-bond acceptors (Lipinski definition) is 3. The molecule has 0 spiro atoms. The first-order valence-corrected chi connectivity index (χ1v) is 4.92. The molecule has 0 aliphatic carbocycles. The fourth-order valence-corrected chi connectivity index (χ4v) is 3.34. The van der Waals surface area contributed by atoms with Crippen LogP contribution in [-0.4, -0.2) is 24.3 Å². The van der Waals surface area contributed by atoms with Crippen molar-refractivity contribution in [3.63, 3.8) is 0 Å². The number of rotatable bonds is 0. The standard InChI is InChI=1S/C10H14O3/c1-9-4-3-7(13-9)10(2)6(9)5-12-8(10)11/h6-7H,3-5H2,1-2H3/t6-,7+,9-,10-/m0/s1. The average Bonchev–Trinajstić information content (AvgIpc) is 2.63. The van der Waals surface area contributed by atoms with Crippen molar-refractivity contribution < 1.29 is 14.3 Å². The second-order valence-electron chi connectivity index (χ2n) is 4.89.